The fourth-order valence-corrected chi connectivity index (χ4v) is 1.43. The van der Waals surface area contributed by atoms with Crippen LogP contribution in [0.3, 0.4) is 0 Å². The number of hydrogen-bond acceptors (Lipinski definition) is 4. The van der Waals surface area contributed by atoms with Gasteiger partial charge in [-0.05, 0) is 6.07 Å². The quantitative estimate of drug-likeness (QED) is 0.493. The van der Waals surface area contributed by atoms with Gasteiger partial charge in [0.15, 0.2) is 0 Å². The molecule has 2 rings (SSSR count). The molecule has 0 fully saturated rings. The van der Waals surface area contributed by atoms with Crippen molar-refractivity contribution in [3.8, 4) is 5.69 Å². The Kier molecular flexibility index (Phi) is 2.49. The van der Waals surface area contributed by atoms with E-state index in [0.29, 0.717) is 10.7 Å². The minimum atomic E-state index is -0.504. The molecule has 0 spiro atoms. The van der Waals surface area contributed by atoms with Crippen LogP contribution in [0.15, 0.2) is 30.6 Å². The van der Waals surface area contributed by atoms with E-state index in [4.69, 9.17) is 17.3 Å². The van der Waals surface area contributed by atoms with Gasteiger partial charge >= 0.3 is 0 Å². The van der Waals surface area contributed by atoms with Gasteiger partial charge in [-0.25, -0.2) is 4.68 Å². The van der Waals surface area contributed by atoms with Gasteiger partial charge in [-0.2, -0.15) is 5.10 Å². The van der Waals surface area contributed by atoms with Crippen LogP contribution in [-0.2, 0) is 0 Å². The van der Waals surface area contributed by atoms with Crippen LogP contribution in [0.4, 0.5) is 11.4 Å². The standard InChI is InChI=1S/C9H7ClN4O2/c10-6-4-12-13(5-6)9-2-1-7(14(15)16)3-8(9)11/h1-5H,11H2. The lowest BCUT2D eigenvalue weighted by atomic mass is 10.2. The number of non-ortho nitro benzene ring substituents is 1. The summed E-state index contributed by atoms with van der Waals surface area (Å²) in [7, 11) is 0. The predicted molar refractivity (Wildman–Crippen MR) is 59.6 cm³/mol. The number of nitrogens with zero attached hydrogens (tertiary/aromatic N) is 3. The average Bonchev–Trinajstić information content (AvgIpc) is 2.64. The zero-order chi connectivity index (χ0) is 11.7. The first-order valence-electron chi connectivity index (χ1n) is 4.32. The zero-order valence-electron chi connectivity index (χ0n) is 8.00. The molecule has 1 aromatic carbocycles. The fourth-order valence-electron chi connectivity index (χ4n) is 1.30. The summed E-state index contributed by atoms with van der Waals surface area (Å²) >= 11 is 5.71. The summed E-state index contributed by atoms with van der Waals surface area (Å²) < 4.78 is 1.46. The highest BCUT2D eigenvalue weighted by Crippen LogP contribution is 2.23. The van der Waals surface area contributed by atoms with Crippen molar-refractivity contribution in [1.29, 1.82) is 0 Å². The smallest absolute Gasteiger partial charge is 0.271 e. The molecule has 1 heterocycles. The SMILES string of the molecule is Nc1cc([N+](=O)[O-])ccc1-n1cc(Cl)cn1. The molecule has 0 aliphatic heterocycles. The molecule has 0 aliphatic rings. The van der Waals surface area contributed by atoms with E-state index in [1.807, 2.05) is 0 Å². The van der Waals surface area contributed by atoms with Crippen LogP contribution in [0.25, 0.3) is 5.69 Å². The van der Waals surface area contributed by atoms with E-state index in [1.165, 1.54) is 29.1 Å². The lowest BCUT2D eigenvalue weighted by molar-refractivity contribution is -0.384. The van der Waals surface area contributed by atoms with Crippen LogP contribution in [-0.4, -0.2) is 14.7 Å². The van der Waals surface area contributed by atoms with Crippen LogP contribution in [0, 0.1) is 10.1 Å². The van der Waals surface area contributed by atoms with E-state index < -0.39 is 4.92 Å². The van der Waals surface area contributed by atoms with Crippen LogP contribution < -0.4 is 5.73 Å². The normalized spacial score (nSPS) is 10.3. The Bertz CT molecular complexity index is 552. The molecule has 2 aromatic rings. The average molecular weight is 239 g/mol. The molecule has 1 aromatic heterocycles. The third kappa shape index (κ3) is 1.82. The lowest BCUT2D eigenvalue weighted by Crippen LogP contribution is -2.01. The molecular formula is C9H7ClN4O2. The van der Waals surface area contributed by atoms with Gasteiger partial charge in [-0.1, -0.05) is 11.6 Å². The number of anilines is 1. The maximum Gasteiger partial charge on any atom is 0.271 e. The van der Waals surface area contributed by atoms with E-state index in [0.717, 1.165) is 0 Å². The number of rotatable bonds is 2. The highest BCUT2D eigenvalue weighted by molar-refractivity contribution is 6.30. The topological polar surface area (TPSA) is 87.0 Å². The van der Waals surface area contributed by atoms with E-state index in [-0.39, 0.29) is 11.4 Å². The number of nitrogen functional groups attached to an aromatic ring is 1. The molecule has 2 N–H and O–H groups in total. The summed E-state index contributed by atoms with van der Waals surface area (Å²) in [4.78, 5) is 10.0. The molecule has 0 saturated carbocycles. The number of hydrogen-bond donors (Lipinski definition) is 1. The molecule has 0 bridgehead atoms. The largest absolute Gasteiger partial charge is 0.397 e. The Morgan fingerprint density at radius 1 is 1.50 bits per heavy atom. The molecule has 7 heteroatoms. The van der Waals surface area contributed by atoms with Gasteiger partial charge in [0.2, 0.25) is 0 Å². The van der Waals surface area contributed by atoms with Crippen LogP contribution in [0.5, 0.6) is 0 Å². The Balaban J connectivity index is 2.47. The first-order chi connectivity index (χ1) is 7.58. The van der Waals surface area contributed by atoms with Crippen molar-refractivity contribution in [2.45, 2.75) is 0 Å². The molecule has 6 nitrogen and oxygen atoms in total. The third-order valence-corrected chi connectivity index (χ3v) is 2.22. The van der Waals surface area contributed by atoms with Crippen LogP contribution in [0.2, 0.25) is 5.02 Å². The zero-order valence-corrected chi connectivity index (χ0v) is 8.76. The summed E-state index contributed by atoms with van der Waals surface area (Å²) in [6.07, 6.45) is 3.03. The van der Waals surface area contributed by atoms with E-state index in [2.05, 4.69) is 5.10 Å². The number of halogens is 1. The van der Waals surface area contributed by atoms with Gasteiger partial charge in [-0.3, -0.25) is 10.1 Å². The van der Waals surface area contributed by atoms with Gasteiger partial charge < -0.3 is 5.73 Å². The second-order valence-corrected chi connectivity index (χ2v) is 3.54. The Hall–Kier alpha value is -2.08. The summed E-state index contributed by atoms with van der Waals surface area (Å²) in [5, 5.41) is 14.9. The van der Waals surface area contributed by atoms with Crippen molar-refractivity contribution in [1.82, 2.24) is 9.78 Å². The Morgan fingerprint density at radius 2 is 2.25 bits per heavy atom. The number of nitro benzene ring substituents is 1. The number of nitrogens with two attached hydrogens (primary N) is 1. The molecular weight excluding hydrogens is 232 g/mol. The molecule has 0 atom stereocenters. The maximum atomic E-state index is 10.5. The van der Waals surface area contributed by atoms with Crippen LogP contribution >= 0.6 is 11.6 Å². The van der Waals surface area contributed by atoms with Crippen molar-refractivity contribution in [2.75, 3.05) is 5.73 Å². The molecule has 0 aliphatic carbocycles. The van der Waals surface area contributed by atoms with Crippen molar-refractivity contribution >= 4 is 23.0 Å². The fraction of sp³-hybridized carbons (Fsp3) is 0. The number of aromatic nitrogens is 2. The molecule has 16 heavy (non-hydrogen) atoms. The lowest BCUT2D eigenvalue weighted by Gasteiger charge is -2.04. The van der Waals surface area contributed by atoms with Crippen LogP contribution in [0.1, 0.15) is 0 Å². The van der Waals surface area contributed by atoms with Crippen molar-refractivity contribution in [3.63, 3.8) is 0 Å². The summed E-state index contributed by atoms with van der Waals surface area (Å²) in [5.74, 6) is 0. The molecule has 0 amide bonds. The predicted octanol–water partition coefficient (Wildman–Crippen LogP) is 2.02. The second-order valence-electron chi connectivity index (χ2n) is 3.10. The monoisotopic (exact) mass is 238 g/mol. The Morgan fingerprint density at radius 3 is 2.75 bits per heavy atom. The highest BCUT2D eigenvalue weighted by atomic mass is 35.5. The van der Waals surface area contributed by atoms with E-state index >= 15 is 0 Å². The number of nitro groups is 1. The van der Waals surface area contributed by atoms with Gasteiger partial charge in [0.05, 0.1) is 27.5 Å². The van der Waals surface area contributed by atoms with E-state index in [1.54, 1.807) is 6.20 Å². The molecule has 0 unspecified atom stereocenters. The van der Waals surface area contributed by atoms with Crippen molar-refractivity contribution < 1.29 is 4.92 Å². The van der Waals surface area contributed by atoms with Gasteiger partial charge in [-0.15, -0.1) is 0 Å². The molecule has 82 valence electrons. The highest BCUT2D eigenvalue weighted by Gasteiger charge is 2.10. The summed E-state index contributed by atoms with van der Waals surface area (Å²) in [6.45, 7) is 0. The second kappa shape index (κ2) is 3.82. The number of benzene rings is 1. The minimum Gasteiger partial charge on any atom is -0.397 e. The van der Waals surface area contributed by atoms with E-state index in [9.17, 15) is 10.1 Å². The Labute approximate surface area is 95.4 Å². The molecule has 0 saturated heterocycles. The van der Waals surface area contributed by atoms with Gasteiger partial charge in [0, 0.05) is 18.3 Å². The van der Waals surface area contributed by atoms with Gasteiger partial charge in [0.1, 0.15) is 0 Å². The molecule has 0 radical (unpaired) electrons. The third-order valence-electron chi connectivity index (χ3n) is 2.02. The summed E-state index contributed by atoms with van der Waals surface area (Å²) in [5.41, 5.74) is 6.46. The first kappa shape index (κ1) is 10.4. The van der Waals surface area contributed by atoms with Crippen molar-refractivity contribution in [2.24, 2.45) is 0 Å². The maximum absolute atomic E-state index is 10.5. The van der Waals surface area contributed by atoms with Crippen molar-refractivity contribution in [3.05, 3.63) is 45.7 Å². The first-order valence-corrected chi connectivity index (χ1v) is 4.70. The van der Waals surface area contributed by atoms with Gasteiger partial charge in [0.25, 0.3) is 5.69 Å². The minimum absolute atomic E-state index is 0.0560. The summed E-state index contributed by atoms with van der Waals surface area (Å²) in [6, 6.07) is 4.17.